The molecule has 3 nitrogen and oxygen atoms in total. The molecule has 3 heterocycles. The highest BCUT2D eigenvalue weighted by Crippen LogP contribution is 2.26. The summed E-state index contributed by atoms with van der Waals surface area (Å²) >= 11 is 6.73. The molecule has 0 aliphatic heterocycles. The lowest BCUT2D eigenvalue weighted by Crippen LogP contribution is -2.22. The van der Waals surface area contributed by atoms with Crippen LogP contribution in [0.2, 0.25) is 0 Å². The molecule has 0 spiro atoms. The van der Waals surface area contributed by atoms with Crippen molar-refractivity contribution in [2.45, 2.75) is 13.5 Å². The second-order valence-corrected chi connectivity index (χ2v) is 8.17. The third-order valence-corrected chi connectivity index (χ3v) is 5.43. The molecule has 0 unspecified atom stereocenters. The van der Waals surface area contributed by atoms with Crippen LogP contribution < -0.4 is 5.56 Å². The zero-order valence-corrected chi connectivity index (χ0v) is 13.9. The van der Waals surface area contributed by atoms with E-state index in [2.05, 4.69) is 34.0 Å². The maximum Gasteiger partial charge on any atom is 0.267 e. The quantitative estimate of drug-likeness (QED) is 0.697. The van der Waals surface area contributed by atoms with Crippen molar-refractivity contribution in [1.29, 1.82) is 0 Å². The Balaban J connectivity index is 1.96. The second kappa shape index (κ2) is 5.63. The Labute approximate surface area is 132 Å². The molecule has 0 bridgehead atoms. The van der Waals surface area contributed by atoms with E-state index < -0.39 is 0 Å². The number of thiophene rings is 2. The van der Waals surface area contributed by atoms with E-state index in [0.29, 0.717) is 6.54 Å². The van der Waals surface area contributed by atoms with E-state index in [-0.39, 0.29) is 5.56 Å². The van der Waals surface area contributed by atoms with Gasteiger partial charge in [-0.1, -0.05) is 0 Å². The maximum absolute atomic E-state index is 11.9. The van der Waals surface area contributed by atoms with Gasteiger partial charge in [0.1, 0.15) is 5.69 Å². The fourth-order valence-electron chi connectivity index (χ4n) is 1.85. The van der Waals surface area contributed by atoms with Gasteiger partial charge in [-0.15, -0.1) is 22.7 Å². The summed E-state index contributed by atoms with van der Waals surface area (Å²) < 4.78 is 2.58. The zero-order valence-electron chi connectivity index (χ0n) is 10.7. The molecule has 3 aromatic heterocycles. The first kappa shape index (κ1) is 13.7. The van der Waals surface area contributed by atoms with Gasteiger partial charge in [-0.3, -0.25) is 4.79 Å². The maximum atomic E-state index is 11.9. The van der Waals surface area contributed by atoms with Gasteiger partial charge in [0.05, 0.1) is 15.2 Å². The SMILES string of the molecule is Cc1ccc(-c2ccc(=O)n(Cc3ccc(Br)s3)n2)s1. The van der Waals surface area contributed by atoms with E-state index >= 15 is 0 Å². The molecule has 0 aromatic carbocycles. The molecule has 0 aliphatic rings. The highest BCUT2D eigenvalue weighted by molar-refractivity contribution is 9.11. The summed E-state index contributed by atoms with van der Waals surface area (Å²) in [6.07, 6.45) is 0. The van der Waals surface area contributed by atoms with Gasteiger partial charge in [0.25, 0.3) is 5.56 Å². The summed E-state index contributed by atoms with van der Waals surface area (Å²) in [4.78, 5) is 15.3. The topological polar surface area (TPSA) is 34.9 Å². The minimum absolute atomic E-state index is 0.0773. The number of hydrogen-bond acceptors (Lipinski definition) is 4. The van der Waals surface area contributed by atoms with E-state index in [0.717, 1.165) is 19.2 Å². The monoisotopic (exact) mass is 366 g/mol. The Morgan fingerprint density at radius 1 is 1.15 bits per heavy atom. The molecule has 3 aromatic rings. The molecule has 0 N–H and O–H groups in total. The van der Waals surface area contributed by atoms with Crippen molar-refractivity contribution in [3.05, 3.63) is 60.3 Å². The van der Waals surface area contributed by atoms with Crippen LogP contribution in [0.25, 0.3) is 10.6 Å². The predicted octanol–water partition coefficient (Wildman–Crippen LogP) is 4.15. The fraction of sp³-hybridized carbons (Fsp3) is 0.143. The summed E-state index contributed by atoms with van der Waals surface area (Å²) in [6.45, 7) is 2.57. The Kier molecular flexibility index (Phi) is 3.87. The van der Waals surface area contributed by atoms with Crippen molar-refractivity contribution in [2.75, 3.05) is 0 Å². The highest BCUT2D eigenvalue weighted by atomic mass is 79.9. The van der Waals surface area contributed by atoms with Gasteiger partial charge in [-0.2, -0.15) is 5.10 Å². The van der Waals surface area contributed by atoms with Crippen LogP contribution in [0.15, 0.2) is 45.0 Å². The van der Waals surface area contributed by atoms with Crippen molar-refractivity contribution in [3.8, 4) is 10.6 Å². The average Bonchev–Trinajstić information content (AvgIpc) is 3.01. The molecule has 20 heavy (non-hydrogen) atoms. The van der Waals surface area contributed by atoms with Gasteiger partial charge < -0.3 is 0 Å². The third-order valence-electron chi connectivity index (χ3n) is 2.79. The molecule has 0 saturated carbocycles. The van der Waals surface area contributed by atoms with Gasteiger partial charge in [0.15, 0.2) is 0 Å². The largest absolute Gasteiger partial charge is 0.268 e. The number of hydrogen-bond donors (Lipinski definition) is 0. The Morgan fingerprint density at radius 3 is 2.65 bits per heavy atom. The van der Waals surface area contributed by atoms with Crippen LogP contribution in [-0.4, -0.2) is 9.78 Å². The number of rotatable bonds is 3. The van der Waals surface area contributed by atoms with Crippen LogP contribution in [0.3, 0.4) is 0 Å². The molecule has 3 rings (SSSR count). The minimum Gasteiger partial charge on any atom is -0.268 e. The van der Waals surface area contributed by atoms with E-state index in [1.807, 2.05) is 18.2 Å². The van der Waals surface area contributed by atoms with Crippen LogP contribution >= 0.6 is 38.6 Å². The normalized spacial score (nSPS) is 10.9. The molecule has 102 valence electrons. The standard InChI is InChI=1S/C14H11BrN2OS2/c1-9-2-5-12(19-9)11-4-7-14(18)17(16-11)8-10-3-6-13(15)20-10/h2-7H,8H2,1H3. The smallest absolute Gasteiger partial charge is 0.267 e. The fourth-order valence-corrected chi connectivity index (χ4v) is 4.15. The first-order valence-electron chi connectivity index (χ1n) is 6.01. The molecule has 0 aliphatic carbocycles. The summed E-state index contributed by atoms with van der Waals surface area (Å²) in [5.74, 6) is 0. The molecular formula is C14H11BrN2OS2. The minimum atomic E-state index is -0.0773. The van der Waals surface area contributed by atoms with Crippen LogP contribution in [0.1, 0.15) is 9.75 Å². The van der Waals surface area contributed by atoms with Crippen LogP contribution in [0.5, 0.6) is 0 Å². The highest BCUT2D eigenvalue weighted by Gasteiger charge is 2.07. The lowest BCUT2D eigenvalue weighted by atomic mass is 10.3. The molecule has 0 saturated heterocycles. The van der Waals surface area contributed by atoms with E-state index in [1.165, 1.54) is 9.56 Å². The Morgan fingerprint density at radius 2 is 2.00 bits per heavy atom. The predicted molar refractivity (Wildman–Crippen MR) is 87.7 cm³/mol. The van der Waals surface area contributed by atoms with Crippen molar-refractivity contribution < 1.29 is 0 Å². The Bertz CT molecular complexity index is 803. The first-order chi connectivity index (χ1) is 9.61. The molecule has 0 amide bonds. The van der Waals surface area contributed by atoms with Crippen molar-refractivity contribution in [1.82, 2.24) is 9.78 Å². The van der Waals surface area contributed by atoms with Gasteiger partial charge in [-0.05, 0) is 53.2 Å². The Hall–Kier alpha value is -1.24. The van der Waals surface area contributed by atoms with E-state index in [9.17, 15) is 4.79 Å². The van der Waals surface area contributed by atoms with Gasteiger partial charge in [0, 0.05) is 15.8 Å². The van der Waals surface area contributed by atoms with Gasteiger partial charge in [-0.25, -0.2) is 4.68 Å². The number of nitrogens with zero attached hydrogens (tertiary/aromatic N) is 2. The summed E-state index contributed by atoms with van der Waals surface area (Å²) in [5.41, 5.74) is 0.768. The summed E-state index contributed by atoms with van der Waals surface area (Å²) in [5, 5.41) is 4.47. The van der Waals surface area contributed by atoms with Crippen molar-refractivity contribution >= 4 is 38.6 Å². The number of aryl methyl sites for hydroxylation is 1. The van der Waals surface area contributed by atoms with Crippen molar-refractivity contribution in [3.63, 3.8) is 0 Å². The van der Waals surface area contributed by atoms with Crippen LogP contribution in [0.4, 0.5) is 0 Å². The van der Waals surface area contributed by atoms with Crippen LogP contribution in [0, 0.1) is 6.92 Å². The lowest BCUT2D eigenvalue weighted by molar-refractivity contribution is 0.650. The summed E-state index contributed by atoms with van der Waals surface area (Å²) in [6, 6.07) is 11.5. The third kappa shape index (κ3) is 2.92. The van der Waals surface area contributed by atoms with E-state index in [1.54, 1.807) is 34.8 Å². The molecule has 6 heteroatoms. The number of halogens is 1. The zero-order chi connectivity index (χ0) is 14.1. The first-order valence-corrected chi connectivity index (χ1v) is 8.43. The summed E-state index contributed by atoms with van der Waals surface area (Å²) in [7, 11) is 0. The van der Waals surface area contributed by atoms with Gasteiger partial charge >= 0.3 is 0 Å². The van der Waals surface area contributed by atoms with Crippen molar-refractivity contribution in [2.24, 2.45) is 0 Å². The molecule has 0 radical (unpaired) electrons. The number of aromatic nitrogens is 2. The second-order valence-electron chi connectivity index (χ2n) is 4.33. The molecule has 0 atom stereocenters. The molecule has 0 fully saturated rings. The lowest BCUT2D eigenvalue weighted by Gasteiger charge is -2.04. The molecular weight excluding hydrogens is 356 g/mol. The average molecular weight is 367 g/mol. The van der Waals surface area contributed by atoms with E-state index in [4.69, 9.17) is 0 Å². The van der Waals surface area contributed by atoms with Gasteiger partial charge in [0.2, 0.25) is 0 Å². The van der Waals surface area contributed by atoms with Crippen LogP contribution in [-0.2, 0) is 6.54 Å².